The lowest BCUT2D eigenvalue weighted by molar-refractivity contribution is 0.153. The van der Waals surface area contributed by atoms with Crippen molar-refractivity contribution in [2.45, 2.75) is 19.4 Å². The van der Waals surface area contributed by atoms with Crippen LogP contribution in [0.15, 0.2) is 0 Å². The van der Waals surface area contributed by atoms with Crippen LogP contribution in [0.4, 0.5) is 17.8 Å². The van der Waals surface area contributed by atoms with Crippen LogP contribution < -0.4 is 15.5 Å². The van der Waals surface area contributed by atoms with Gasteiger partial charge < -0.3 is 25.4 Å². The van der Waals surface area contributed by atoms with Crippen LogP contribution in [0, 0.1) is 0 Å². The van der Waals surface area contributed by atoms with Gasteiger partial charge >= 0.3 is 0 Å². The molecule has 0 bridgehead atoms. The van der Waals surface area contributed by atoms with Gasteiger partial charge in [-0.15, -0.1) is 0 Å². The van der Waals surface area contributed by atoms with E-state index in [-0.39, 0.29) is 12.6 Å². The van der Waals surface area contributed by atoms with Crippen LogP contribution in [-0.4, -0.2) is 67.1 Å². The van der Waals surface area contributed by atoms with Gasteiger partial charge in [-0.25, -0.2) is 0 Å². The zero-order valence-electron chi connectivity index (χ0n) is 12.6. The smallest absolute Gasteiger partial charge is 0.231 e. The van der Waals surface area contributed by atoms with E-state index in [2.05, 4.69) is 32.5 Å². The zero-order valence-corrected chi connectivity index (χ0v) is 12.6. The SMILES string of the molecule is CCCNc1nc(NC(CO)COC)nc(N(C)C)n1. The van der Waals surface area contributed by atoms with Crippen LogP contribution in [-0.2, 0) is 4.74 Å². The molecule has 20 heavy (non-hydrogen) atoms. The number of rotatable bonds is 9. The van der Waals surface area contributed by atoms with Gasteiger partial charge in [-0.2, -0.15) is 15.0 Å². The third-order valence-corrected chi connectivity index (χ3v) is 2.48. The minimum atomic E-state index is -0.253. The van der Waals surface area contributed by atoms with Gasteiger partial charge in [0, 0.05) is 27.7 Å². The van der Waals surface area contributed by atoms with Gasteiger partial charge in [0.1, 0.15) is 0 Å². The molecule has 0 radical (unpaired) electrons. The van der Waals surface area contributed by atoms with Gasteiger partial charge in [0.25, 0.3) is 0 Å². The summed E-state index contributed by atoms with van der Waals surface area (Å²) in [4.78, 5) is 14.7. The fourth-order valence-corrected chi connectivity index (χ4v) is 1.47. The molecule has 0 saturated carbocycles. The first kappa shape index (κ1) is 16.4. The highest BCUT2D eigenvalue weighted by molar-refractivity contribution is 5.43. The molecule has 1 aromatic rings. The van der Waals surface area contributed by atoms with Gasteiger partial charge in [-0.1, -0.05) is 6.92 Å². The summed E-state index contributed by atoms with van der Waals surface area (Å²) in [6, 6.07) is -0.253. The molecule has 114 valence electrons. The Labute approximate surface area is 119 Å². The third kappa shape index (κ3) is 5.14. The Kier molecular flexibility index (Phi) is 6.96. The summed E-state index contributed by atoms with van der Waals surface area (Å²) in [5, 5.41) is 15.4. The second-order valence-corrected chi connectivity index (χ2v) is 4.58. The van der Waals surface area contributed by atoms with E-state index in [4.69, 9.17) is 4.74 Å². The van der Waals surface area contributed by atoms with E-state index < -0.39 is 0 Å². The van der Waals surface area contributed by atoms with Gasteiger partial charge in [0.15, 0.2) is 0 Å². The van der Waals surface area contributed by atoms with E-state index >= 15 is 0 Å². The fraction of sp³-hybridized carbons (Fsp3) is 0.750. The molecule has 0 aliphatic rings. The molecule has 3 N–H and O–H groups in total. The van der Waals surface area contributed by atoms with E-state index in [0.717, 1.165) is 13.0 Å². The van der Waals surface area contributed by atoms with Crippen LogP contribution in [0.1, 0.15) is 13.3 Å². The van der Waals surface area contributed by atoms with Crippen molar-refractivity contribution in [1.82, 2.24) is 15.0 Å². The molecular formula is C12H24N6O2. The number of hydrogen-bond acceptors (Lipinski definition) is 8. The standard InChI is InChI=1S/C12H24N6O2/c1-5-6-13-10-15-11(14-9(7-19)8-20-4)17-12(16-10)18(2)3/h9,19H,5-8H2,1-4H3,(H2,13,14,15,16,17). The summed E-state index contributed by atoms with van der Waals surface area (Å²) >= 11 is 0. The minimum Gasteiger partial charge on any atom is -0.394 e. The molecule has 0 aromatic carbocycles. The molecule has 1 unspecified atom stereocenters. The van der Waals surface area contributed by atoms with Gasteiger partial charge in [-0.05, 0) is 6.42 Å². The predicted octanol–water partition coefficient (Wildman–Crippen LogP) is 0.179. The molecule has 0 aliphatic carbocycles. The number of aliphatic hydroxyl groups is 1. The van der Waals surface area contributed by atoms with Crippen molar-refractivity contribution in [3.05, 3.63) is 0 Å². The van der Waals surface area contributed by atoms with Crippen LogP contribution in [0.3, 0.4) is 0 Å². The highest BCUT2D eigenvalue weighted by Gasteiger charge is 2.12. The number of nitrogens with zero attached hydrogens (tertiary/aromatic N) is 4. The molecule has 1 atom stereocenters. The van der Waals surface area contributed by atoms with Gasteiger partial charge in [0.05, 0.1) is 19.3 Å². The highest BCUT2D eigenvalue weighted by Crippen LogP contribution is 2.12. The van der Waals surface area contributed by atoms with E-state index in [0.29, 0.717) is 24.5 Å². The van der Waals surface area contributed by atoms with Gasteiger partial charge in [-0.3, -0.25) is 0 Å². The number of hydrogen-bond donors (Lipinski definition) is 3. The first-order valence-corrected chi connectivity index (χ1v) is 6.64. The number of anilines is 3. The second-order valence-electron chi connectivity index (χ2n) is 4.58. The summed E-state index contributed by atoms with van der Waals surface area (Å²) in [5.41, 5.74) is 0. The Hall–Kier alpha value is -1.67. The number of nitrogens with one attached hydrogen (secondary N) is 2. The summed E-state index contributed by atoms with van der Waals surface area (Å²) in [6.07, 6.45) is 0.981. The molecule has 1 heterocycles. The molecular weight excluding hydrogens is 260 g/mol. The average molecular weight is 284 g/mol. The Morgan fingerprint density at radius 3 is 2.50 bits per heavy atom. The fourth-order valence-electron chi connectivity index (χ4n) is 1.47. The Morgan fingerprint density at radius 1 is 1.25 bits per heavy atom. The third-order valence-electron chi connectivity index (χ3n) is 2.48. The molecule has 0 fully saturated rings. The molecule has 1 aromatic heterocycles. The molecule has 0 aliphatic heterocycles. The monoisotopic (exact) mass is 284 g/mol. The number of aliphatic hydroxyl groups excluding tert-OH is 1. The predicted molar refractivity (Wildman–Crippen MR) is 79.3 cm³/mol. The Bertz CT molecular complexity index is 402. The van der Waals surface area contributed by atoms with Crippen molar-refractivity contribution in [3.8, 4) is 0 Å². The van der Waals surface area contributed by atoms with Crippen molar-refractivity contribution in [1.29, 1.82) is 0 Å². The normalized spacial score (nSPS) is 12.1. The van der Waals surface area contributed by atoms with Crippen molar-refractivity contribution >= 4 is 17.8 Å². The summed E-state index contributed by atoms with van der Waals surface area (Å²) in [6.45, 7) is 3.17. The molecule has 0 spiro atoms. The maximum atomic E-state index is 9.27. The van der Waals surface area contributed by atoms with E-state index in [1.165, 1.54) is 0 Å². The second kappa shape index (κ2) is 8.49. The average Bonchev–Trinajstić information content (AvgIpc) is 2.44. The molecule has 8 nitrogen and oxygen atoms in total. The largest absolute Gasteiger partial charge is 0.394 e. The van der Waals surface area contributed by atoms with Crippen LogP contribution in [0.5, 0.6) is 0 Å². The van der Waals surface area contributed by atoms with Crippen molar-refractivity contribution < 1.29 is 9.84 Å². The van der Waals surface area contributed by atoms with Crippen LogP contribution >= 0.6 is 0 Å². The molecule has 8 heteroatoms. The first-order valence-electron chi connectivity index (χ1n) is 6.64. The molecule has 1 rings (SSSR count). The summed E-state index contributed by atoms with van der Waals surface area (Å²) in [7, 11) is 5.31. The molecule has 0 saturated heterocycles. The quantitative estimate of drug-likeness (QED) is 0.591. The Balaban J connectivity index is 2.89. The van der Waals surface area contributed by atoms with Crippen molar-refractivity contribution in [2.24, 2.45) is 0 Å². The van der Waals surface area contributed by atoms with Crippen molar-refractivity contribution in [2.75, 3.05) is 56.5 Å². The number of methoxy groups -OCH3 is 1. The first-order chi connectivity index (χ1) is 9.60. The maximum absolute atomic E-state index is 9.27. The number of aromatic nitrogens is 3. The lowest BCUT2D eigenvalue weighted by Crippen LogP contribution is -2.30. The maximum Gasteiger partial charge on any atom is 0.231 e. The van der Waals surface area contributed by atoms with Gasteiger partial charge in [0.2, 0.25) is 17.8 Å². The Morgan fingerprint density at radius 2 is 1.95 bits per heavy atom. The van der Waals surface area contributed by atoms with Crippen LogP contribution in [0.2, 0.25) is 0 Å². The minimum absolute atomic E-state index is 0.0610. The van der Waals surface area contributed by atoms with Crippen molar-refractivity contribution in [3.63, 3.8) is 0 Å². The summed E-state index contributed by atoms with van der Waals surface area (Å²) < 4.78 is 5.02. The van der Waals surface area contributed by atoms with E-state index in [1.54, 1.807) is 12.0 Å². The lowest BCUT2D eigenvalue weighted by Gasteiger charge is -2.18. The zero-order chi connectivity index (χ0) is 15.0. The van der Waals surface area contributed by atoms with Crippen LogP contribution in [0.25, 0.3) is 0 Å². The molecule has 0 amide bonds. The van der Waals surface area contributed by atoms with E-state index in [9.17, 15) is 5.11 Å². The van der Waals surface area contributed by atoms with E-state index in [1.807, 2.05) is 14.1 Å². The highest BCUT2D eigenvalue weighted by atomic mass is 16.5. The lowest BCUT2D eigenvalue weighted by atomic mass is 10.3. The summed E-state index contributed by atoms with van der Waals surface area (Å²) in [5.74, 6) is 1.48. The number of ether oxygens (including phenoxy) is 1. The topological polar surface area (TPSA) is 95.4 Å².